The van der Waals surface area contributed by atoms with Crippen LogP contribution in [0.4, 0.5) is 0 Å². The first-order valence-corrected chi connectivity index (χ1v) is 6.63. The Balaban J connectivity index is 2.97. The predicted octanol–water partition coefficient (Wildman–Crippen LogP) is 2.16. The summed E-state index contributed by atoms with van der Waals surface area (Å²) in [6.45, 7) is 7.61. The van der Waals surface area contributed by atoms with E-state index in [0.29, 0.717) is 17.9 Å². The van der Waals surface area contributed by atoms with E-state index in [4.69, 9.17) is 0 Å². The molecule has 0 fully saturated rings. The first-order chi connectivity index (χ1) is 7.47. The van der Waals surface area contributed by atoms with Gasteiger partial charge in [-0.3, -0.25) is 0 Å². The molecule has 0 saturated heterocycles. The van der Waals surface area contributed by atoms with Gasteiger partial charge in [0.05, 0.1) is 4.90 Å². The third-order valence-corrected chi connectivity index (χ3v) is 3.88. The average molecular weight is 239 g/mol. The minimum absolute atomic E-state index is 0.358. The molecular formula is C12H17NO2S. The van der Waals surface area contributed by atoms with E-state index in [1.807, 2.05) is 19.1 Å². The van der Waals surface area contributed by atoms with E-state index in [-0.39, 0.29) is 0 Å². The summed E-state index contributed by atoms with van der Waals surface area (Å²) in [6.07, 6.45) is 2.32. The molecule has 0 atom stereocenters. The predicted molar refractivity (Wildman–Crippen MR) is 65.9 cm³/mol. The van der Waals surface area contributed by atoms with Crippen LogP contribution in [-0.4, -0.2) is 15.0 Å². The van der Waals surface area contributed by atoms with Gasteiger partial charge < -0.3 is 0 Å². The van der Waals surface area contributed by atoms with Gasteiger partial charge in [-0.1, -0.05) is 18.2 Å². The lowest BCUT2D eigenvalue weighted by Crippen LogP contribution is -2.25. The molecule has 0 amide bonds. The number of benzene rings is 1. The molecule has 16 heavy (non-hydrogen) atoms. The van der Waals surface area contributed by atoms with Crippen LogP contribution in [-0.2, 0) is 10.0 Å². The van der Waals surface area contributed by atoms with Gasteiger partial charge in [0, 0.05) is 6.54 Å². The highest BCUT2D eigenvalue weighted by Crippen LogP contribution is 2.16. The molecule has 0 heterocycles. The molecule has 0 aliphatic carbocycles. The van der Waals surface area contributed by atoms with Gasteiger partial charge in [0.1, 0.15) is 0 Å². The number of aryl methyl sites for hydroxylation is 2. The van der Waals surface area contributed by atoms with E-state index in [1.54, 1.807) is 19.1 Å². The summed E-state index contributed by atoms with van der Waals surface area (Å²) in [7, 11) is -3.38. The summed E-state index contributed by atoms with van der Waals surface area (Å²) < 4.78 is 26.4. The van der Waals surface area contributed by atoms with Gasteiger partial charge in [0.25, 0.3) is 0 Å². The lowest BCUT2D eigenvalue weighted by Gasteiger charge is -2.09. The summed E-state index contributed by atoms with van der Waals surface area (Å²) in [5.74, 6) is 0. The highest BCUT2D eigenvalue weighted by Gasteiger charge is 2.15. The maximum atomic E-state index is 11.9. The van der Waals surface area contributed by atoms with Gasteiger partial charge in [-0.2, -0.15) is 0 Å². The Kier molecular flexibility index (Phi) is 4.26. The zero-order chi connectivity index (χ0) is 12.2. The van der Waals surface area contributed by atoms with Crippen LogP contribution >= 0.6 is 0 Å². The molecule has 1 aromatic carbocycles. The molecule has 0 radical (unpaired) electrons. The third-order valence-electron chi connectivity index (χ3n) is 2.27. The molecule has 0 saturated carbocycles. The van der Waals surface area contributed by atoms with Gasteiger partial charge >= 0.3 is 0 Å². The highest BCUT2D eigenvalue weighted by molar-refractivity contribution is 7.89. The smallest absolute Gasteiger partial charge is 0.211 e. The number of nitrogens with one attached hydrogen (secondary N) is 1. The topological polar surface area (TPSA) is 46.2 Å². The van der Waals surface area contributed by atoms with Crippen LogP contribution in [0.1, 0.15) is 17.5 Å². The summed E-state index contributed by atoms with van der Waals surface area (Å²) in [4.78, 5) is 0.358. The molecule has 3 nitrogen and oxygen atoms in total. The largest absolute Gasteiger partial charge is 0.240 e. The first-order valence-electron chi connectivity index (χ1n) is 5.15. The molecule has 1 aromatic rings. The van der Waals surface area contributed by atoms with Crippen LogP contribution in [0, 0.1) is 13.8 Å². The van der Waals surface area contributed by atoms with Crippen LogP contribution in [0.3, 0.4) is 0 Å². The molecule has 0 bridgehead atoms. The lowest BCUT2D eigenvalue weighted by atomic mass is 10.2. The van der Waals surface area contributed by atoms with E-state index >= 15 is 0 Å². The lowest BCUT2D eigenvalue weighted by molar-refractivity contribution is 0.581. The van der Waals surface area contributed by atoms with Gasteiger partial charge in [0.15, 0.2) is 0 Å². The van der Waals surface area contributed by atoms with Crippen LogP contribution in [0.2, 0.25) is 0 Å². The van der Waals surface area contributed by atoms with Crippen LogP contribution in [0.25, 0.3) is 0 Å². The fourth-order valence-electron chi connectivity index (χ4n) is 1.37. The maximum absolute atomic E-state index is 11.9. The molecule has 88 valence electrons. The van der Waals surface area contributed by atoms with Crippen molar-refractivity contribution < 1.29 is 8.42 Å². The van der Waals surface area contributed by atoms with E-state index in [2.05, 4.69) is 11.3 Å². The Morgan fingerprint density at radius 3 is 2.69 bits per heavy atom. The second-order valence-electron chi connectivity index (χ2n) is 3.74. The molecule has 4 heteroatoms. The van der Waals surface area contributed by atoms with Crippen molar-refractivity contribution in [3.8, 4) is 0 Å². The fourth-order valence-corrected chi connectivity index (χ4v) is 2.74. The van der Waals surface area contributed by atoms with Gasteiger partial charge in [0.2, 0.25) is 10.0 Å². The van der Waals surface area contributed by atoms with E-state index < -0.39 is 10.0 Å². The molecular weight excluding hydrogens is 222 g/mol. The first kappa shape index (κ1) is 12.9. The van der Waals surface area contributed by atoms with Crippen LogP contribution in [0.5, 0.6) is 0 Å². The fraction of sp³-hybridized carbons (Fsp3) is 0.333. The Morgan fingerprint density at radius 2 is 2.06 bits per heavy atom. The normalized spacial score (nSPS) is 11.4. The molecule has 1 N–H and O–H groups in total. The zero-order valence-electron chi connectivity index (χ0n) is 9.66. The Labute approximate surface area is 97.2 Å². The summed E-state index contributed by atoms with van der Waals surface area (Å²) in [6, 6.07) is 5.40. The molecule has 0 aliphatic heterocycles. The second-order valence-corrected chi connectivity index (χ2v) is 5.48. The number of rotatable bonds is 5. The van der Waals surface area contributed by atoms with Gasteiger partial charge in [-0.05, 0) is 37.5 Å². The van der Waals surface area contributed by atoms with Gasteiger partial charge in [-0.25, -0.2) is 13.1 Å². The Hall–Kier alpha value is -1.13. The van der Waals surface area contributed by atoms with Crippen LogP contribution in [0.15, 0.2) is 35.7 Å². The van der Waals surface area contributed by atoms with Gasteiger partial charge in [-0.15, -0.1) is 6.58 Å². The molecule has 0 aliphatic rings. The third kappa shape index (κ3) is 3.18. The van der Waals surface area contributed by atoms with E-state index in [9.17, 15) is 8.42 Å². The monoisotopic (exact) mass is 239 g/mol. The van der Waals surface area contributed by atoms with Crippen molar-refractivity contribution in [2.45, 2.75) is 25.2 Å². The maximum Gasteiger partial charge on any atom is 0.240 e. The summed E-state index contributed by atoms with van der Waals surface area (Å²) in [5.41, 5.74) is 1.70. The Morgan fingerprint density at radius 1 is 1.38 bits per heavy atom. The minimum atomic E-state index is -3.38. The average Bonchev–Trinajstić information content (AvgIpc) is 2.22. The molecule has 0 unspecified atom stereocenters. The highest BCUT2D eigenvalue weighted by atomic mass is 32.2. The summed E-state index contributed by atoms with van der Waals surface area (Å²) in [5, 5.41) is 0. The quantitative estimate of drug-likeness (QED) is 0.632. The number of sulfonamides is 1. The van der Waals surface area contributed by atoms with Crippen molar-refractivity contribution in [1.29, 1.82) is 0 Å². The van der Waals surface area contributed by atoms with Crippen molar-refractivity contribution in [2.75, 3.05) is 6.54 Å². The van der Waals surface area contributed by atoms with Crippen LogP contribution < -0.4 is 4.72 Å². The van der Waals surface area contributed by atoms with Crippen molar-refractivity contribution in [3.63, 3.8) is 0 Å². The molecule has 0 spiro atoms. The van der Waals surface area contributed by atoms with Crippen molar-refractivity contribution in [2.24, 2.45) is 0 Å². The standard InChI is InChI=1S/C12H17NO2S/c1-4-5-8-13-16(14,15)12-9-10(2)6-7-11(12)3/h4,6-7,9,13H,1,5,8H2,2-3H3. The van der Waals surface area contributed by atoms with Crippen molar-refractivity contribution >= 4 is 10.0 Å². The zero-order valence-corrected chi connectivity index (χ0v) is 10.5. The number of hydrogen-bond acceptors (Lipinski definition) is 2. The molecule has 1 rings (SSSR count). The van der Waals surface area contributed by atoms with E-state index in [0.717, 1.165) is 11.1 Å². The van der Waals surface area contributed by atoms with Crippen molar-refractivity contribution in [3.05, 3.63) is 42.0 Å². The summed E-state index contributed by atoms with van der Waals surface area (Å²) >= 11 is 0. The minimum Gasteiger partial charge on any atom is -0.211 e. The Bertz CT molecular complexity index is 478. The van der Waals surface area contributed by atoms with Crippen molar-refractivity contribution in [1.82, 2.24) is 4.72 Å². The number of hydrogen-bond donors (Lipinski definition) is 1. The van der Waals surface area contributed by atoms with E-state index in [1.165, 1.54) is 0 Å². The molecule has 0 aromatic heterocycles. The SMILES string of the molecule is C=CCCNS(=O)(=O)c1cc(C)ccc1C. The second kappa shape index (κ2) is 5.27.